The summed E-state index contributed by atoms with van der Waals surface area (Å²) in [6.45, 7) is 8.48. The molecule has 0 spiro atoms. The van der Waals surface area contributed by atoms with E-state index in [2.05, 4.69) is 29.8 Å². The topological polar surface area (TPSA) is 97.4 Å². The summed E-state index contributed by atoms with van der Waals surface area (Å²) in [4.78, 5) is 14.4. The minimum atomic E-state index is 0.314. The number of piperidine rings is 1. The van der Waals surface area contributed by atoms with Crippen molar-refractivity contribution in [3.63, 3.8) is 0 Å². The van der Waals surface area contributed by atoms with Gasteiger partial charge in [0.2, 0.25) is 0 Å². The number of anilines is 1. The summed E-state index contributed by atoms with van der Waals surface area (Å²) in [5, 5.41) is 9.46. The Morgan fingerprint density at radius 2 is 1.48 bits per heavy atom. The molecular weight excluding hydrogens is 524 g/mol. The Hall–Kier alpha value is -3.53. The summed E-state index contributed by atoms with van der Waals surface area (Å²) >= 11 is 0. The monoisotopic (exact) mass is 566 g/mol. The molecule has 3 fully saturated rings. The van der Waals surface area contributed by atoms with Crippen LogP contribution in [0.15, 0.2) is 60.9 Å². The Labute approximate surface area is 248 Å². The highest BCUT2D eigenvalue weighted by atomic mass is 16.5. The molecule has 42 heavy (non-hydrogen) atoms. The van der Waals surface area contributed by atoms with E-state index in [-0.39, 0.29) is 0 Å². The second-order valence-electron chi connectivity index (χ2n) is 12.2. The Morgan fingerprint density at radius 1 is 0.786 bits per heavy atom. The van der Waals surface area contributed by atoms with Crippen molar-refractivity contribution in [2.24, 2.45) is 5.92 Å². The molecule has 1 saturated carbocycles. The van der Waals surface area contributed by atoms with E-state index < -0.39 is 0 Å². The lowest BCUT2D eigenvalue weighted by atomic mass is 9.89. The number of rotatable bonds is 7. The van der Waals surface area contributed by atoms with Crippen LogP contribution in [-0.2, 0) is 0 Å². The number of ether oxygens (including phenoxy) is 1. The molecule has 220 valence electrons. The lowest BCUT2D eigenvalue weighted by Gasteiger charge is -2.43. The fourth-order valence-electron chi connectivity index (χ4n) is 7.17. The minimum Gasteiger partial charge on any atom is -0.457 e. The van der Waals surface area contributed by atoms with Crippen LogP contribution >= 0.6 is 0 Å². The van der Waals surface area contributed by atoms with Crippen molar-refractivity contribution in [3.8, 4) is 22.8 Å². The number of benzene rings is 2. The van der Waals surface area contributed by atoms with E-state index in [0.717, 1.165) is 52.5 Å². The van der Waals surface area contributed by atoms with Crippen molar-refractivity contribution in [1.29, 1.82) is 0 Å². The molecule has 3 aliphatic rings. The van der Waals surface area contributed by atoms with Crippen molar-refractivity contribution in [2.45, 2.75) is 50.6 Å². The molecule has 2 aromatic heterocycles. The van der Waals surface area contributed by atoms with E-state index >= 15 is 0 Å². The van der Waals surface area contributed by atoms with Crippen molar-refractivity contribution in [3.05, 3.63) is 60.9 Å². The van der Waals surface area contributed by atoms with E-state index in [9.17, 15) is 0 Å². The smallest absolute Gasteiger partial charge is 0.164 e. The highest BCUT2D eigenvalue weighted by Crippen LogP contribution is 2.37. The van der Waals surface area contributed by atoms with E-state index in [0.29, 0.717) is 17.9 Å². The van der Waals surface area contributed by atoms with Crippen LogP contribution in [0.5, 0.6) is 11.5 Å². The Balaban J connectivity index is 1.01. The van der Waals surface area contributed by atoms with Crippen LogP contribution in [0.3, 0.4) is 0 Å². The fraction of sp³-hybridized carbons (Fsp3) is 0.485. The van der Waals surface area contributed by atoms with Crippen LogP contribution < -0.4 is 15.8 Å². The van der Waals surface area contributed by atoms with Crippen molar-refractivity contribution in [1.82, 2.24) is 34.9 Å². The first-order valence-corrected chi connectivity index (χ1v) is 15.7. The van der Waals surface area contributed by atoms with Gasteiger partial charge in [0, 0.05) is 44.3 Å². The number of fused-ring (bicyclic) bond motifs is 1. The predicted octanol–water partition coefficient (Wildman–Crippen LogP) is 4.97. The number of nitrogens with zero attached hydrogens (tertiary/aromatic N) is 6. The average molecular weight is 567 g/mol. The zero-order valence-corrected chi connectivity index (χ0v) is 24.4. The molecular formula is C33H42N8O. The summed E-state index contributed by atoms with van der Waals surface area (Å²) in [7, 11) is 0. The van der Waals surface area contributed by atoms with Crippen LogP contribution in [0.2, 0.25) is 0 Å². The fourth-order valence-corrected chi connectivity index (χ4v) is 7.17. The Kier molecular flexibility index (Phi) is 8.04. The molecule has 7 rings (SSSR count). The van der Waals surface area contributed by atoms with Crippen molar-refractivity contribution < 1.29 is 4.74 Å². The van der Waals surface area contributed by atoms with Gasteiger partial charge >= 0.3 is 0 Å². The van der Waals surface area contributed by atoms with Crippen LogP contribution in [-0.4, -0.2) is 81.4 Å². The molecule has 9 nitrogen and oxygen atoms in total. The number of nitrogens with one attached hydrogen (secondary N) is 1. The third-order valence-electron chi connectivity index (χ3n) is 9.54. The van der Waals surface area contributed by atoms with Gasteiger partial charge < -0.3 is 20.7 Å². The number of piperazine rings is 1. The molecule has 2 aromatic carbocycles. The number of aromatic nitrogens is 4. The van der Waals surface area contributed by atoms with Crippen LogP contribution in [0.1, 0.15) is 44.6 Å². The maximum atomic E-state index is 6.42. The first kappa shape index (κ1) is 27.3. The number of hydrogen-bond donors (Lipinski definition) is 2. The second-order valence-corrected chi connectivity index (χ2v) is 12.2. The molecule has 4 aromatic rings. The van der Waals surface area contributed by atoms with Gasteiger partial charge in [0.25, 0.3) is 0 Å². The number of para-hydroxylation sites is 1. The molecule has 0 unspecified atom stereocenters. The first-order chi connectivity index (χ1) is 20.7. The standard InChI is InChI=1S/C33H42N8O/c34-32-30-31(25-6-12-29(13-7-25)42-28-4-2-1-3-5-28)38-41(33(30)37-23-36-32)27-10-8-26(9-11-27)40-20-18-39(19-21-40)22-24-14-16-35-17-15-24/h1-7,12-13,23-24,26-27,35H,8-11,14-22H2,(H2,34,36,37). The third kappa shape index (κ3) is 5.86. The van der Waals surface area contributed by atoms with Gasteiger partial charge in [0.15, 0.2) is 5.65 Å². The zero-order valence-electron chi connectivity index (χ0n) is 24.4. The van der Waals surface area contributed by atoms with Gasteiger partial charge in [-0.25, -0.2) is 14.6 Å². The van der Waals surface area contributed by atoms with Crippen LogP contribution in [0.4, 0.5) is 5.82 Å². The number of nitrogen functional groups attached to an aromatic ring is 1. The minimum absolute atomic E-state index is 0.314. The van der Waals surface area contributed by atoms with Gasteiger partial charge in [-0.2, -0.15) is 5.10 Å². The Morgan fingerprint density at radius 3 is 2.21 bits per heavy atom. The lowest BCUT2D eigenvalue weighted by molar-refractivity contribution is 0.0612. The maximum absolute atomic E-state index is 6.42. The molecule has 0 atom stereocenters. The van der Waals surface area contributed by atoms with Gasteiger partial charge in [-0.05, 0) is 93.9 Å². The van der Waals surface area contributed by atoms with Crippen LogP contribution in [0.25, 0.3) is 22.3 Å². The summed E-state index contributed by atoms with van der Waals surface area (Å²) in [5.74, 6) is 2.94. The van der Waals surface area contributed by atoms with Gasteiger partial charge in [-0.15, -0.1) is 0 Å². The van der Waals surface area contributed by atoms with Crippen molar-refractivity contribution in [2.75, 3.05) is 51.5 Å². The van der Waals surface area contributed by atoms with Gasteiger partial charge in [-0.3, -0.25) is 4.90 Å². The average Bonchev–Trinajstić information content (AvgIpc) is 3.44. The molecule has 3 N–H and O–H groups in total. The number of nitrogens with two attached hydrogens (primary N) is 1. The number of hydrogen-bond acceptors (Lipinski definition) is 8. The zero-order chi connectivity index (χ0) is 28.3. The summed E-state index contributed by atoms with van der Waals surface area (Å²) in [5.41, 5.74) is 9.06. The molecule has 4 heterocycles. The Bertz CT molecular complexity index is 1450. The largest absolute Gasteiger partial charge is 0.457 e. The third-order valence-corrected chi connectivity index (χ3v) is 9.54. The molecule has 0 amide bonds. The lowest BCUT2D eigenvalue weighted by Crippen LogP contribution is -2.52. The van der Waals surface area contributed by atoms with Gasteiger partial charge in [0.05, 0.1) is 11.4 Å². The van der Waals surface area contributed by atoms with Gasteiger partial charge in [-0.1, -0.05) is 18.2 Å². The molecule has 0 radical (unpaired) electrons. The molecule has 2 saturated heterocycles. The highest BCUT2D eigenvalue weighted by Gasteiger charge is 2.31. The SMILES string of the molecule is Nc1ncnc2c1c(-c1ccc(Oc3ccccc3)cc1)nn2C1CCC(N2CCN(CC3CCNCC3)CC2)CC1. The van der Waals surface area contributed by atoms with E-state index in [1.165, 1.54) is 71.5 Å². The molecule has 9 heteroatoms. The predicted molar refractivity (Wildman–Crippen MR) is 167 cm³/mol. The van der Waals surface area contributed by atoms with E-state index in [4.69, 9.17) is 15.6 Å². The normalized spacial score (nSPS) is 22.9. The van der Waals surface area contributed by atoms with Crippen molar-refractivity contribution >= 4 is 16.9 Å². The second kappa shape index (κ2) is 12.4. The molecule has 0 bridgehead atoms. The highest BCUT2D eigenvalue weighted by molar-refractivity contribution is 5.98. The first-order valence-electron chi connectivity index (χ1n) is 15.7. The van der Waals surface area contributed by atoms with E-state index in [1.807, 2.05) is 54.6 Å². The molecule has 1 aliphatic carbocycles. The quantitative estimate of drug-likeness (QED) is 0.324. The molecule has 2 aliphatic heterocycles. The summed E-state index contributed by atoms with van der Waals surface area (Å²) in [6, 6.07) is 18.8. The summed E-state index contributed by atoms with van der Waals surface area (Å²) in [6.07, 6.45) is 8.82. The van der Waals surface area contributed by atoms with Gasteiger partial charge in [0.1, 0.15) is 29.3 Å². The summed E-state index contributed by atoms with van der Waals surface area (Å²) < 4.78 is 8.13. The van der Waals surface area contributed by atoms with Crippen LogP contribution in [0, 0.1) is 5.92 Å². The van der Waals surface area contributed by atoms with E-state index in [1.54, 1.807) is 6.33 Å². The maximum Gasteiger partial charge on any atom is 0.164 e.